The van der Waals surface area contributed by atoms with E-state index in [-0.39, 0.29) is 45.2 Å². The molecule has 11 N–H and O–H groups in total. The number of para-hydroxylation sites is 1. The van der Waals surface area contributed by atoms with E-state index in [0.29, 0.717) is 69.9 Å². The number of aryl methyl sites for hydroxylation is 1. The first kappa shape index (κ1) is 59.1. The number of ether oxygens (including phenoxy) is 1. The van der Waals surface area contributed by atoms with Gasteiger partial charge in [-0.25, -0.2) is 0 Å². The molecule has 2 aromatic carbocycles. The number of carboxylic acid groups (broad SMARTS) is 3. The monoisotopic (exact) mass is 1080 g/mol. The molecule has 420 valence electrons. The van der Waals surface area contributed by atoms with Crippen LogP contribution in [0.15, 0.2) is 42.5 Å². The highest BCUT2D eigenvalue weighted by Gasteiger charge is 2.46. The number of esters is 1. The SMILES string of the molecule is CC[C@H](C)[C@H](NC(=O)CNC(=O)CNC(O)[C@H](CCC(=O)O)NC(=O)Cc1ccc(CN2CCN(CC(=O)O)CCN(CC(=O)O)CC2)cc1)C(=O)N[C@H]1CCc2cccc3c2N(C1=O)[C@H](C(=O)N[C@H]1CC(=O)O[C@H]1O)C3. The fourth-order valence-electron chi connectivity index (χ4n) is 9.78. The Morgan fingerprint density at radius 3 is 1.96 bits per heavy atom. The van der Waals surface area contributed by atoms with E-state index in [1.54, 1.807) is 41.8 Å². The average molecular weight is 1080 g/mol. The molecule has 6 amide bonds. The Bertz CT molecular complexity index is 2470. The number of nitrogens with one attached hydrogen (secondary N) is 6. The fourth-order valence-corrected chi connectivity index (χ4v) is 9.78. The molecule has 0 bridgehead atoms. The maximum atomic E-state index is 14.3. The lowest BCUT2D eigenvalue weighted by atomic mass is 9.97. The van der Waals surface area contributed by atoms with Gasteiger partial charge in [-0.15, -0.1) is 0 Å². The lowest BCUT2D eigenvalue weighted by Crippen LogP contribution is -2.59. The van der Waals surface area contributed by atoms with Crippen molar-refractivity contribution in [3.8, 4) is 0 Å². The second-order valence-corrected chi connectivity index (χ2v) is 19.9. The normalized spacial score (nSPS) is 21.6. The summed E-state index contributed by atoms with van der Waals surface area (Å²) in [4.78, 5) is 134. The Labute approximate surface area is 444 Å². The molecule has 1 unspecified atom stereocenters. The summed E-state index contributed by atoms with van der Waals surface area (Å²) in [5, 5.41) is 64.9. The van der Waals surface area contributed by atoms with E-state index >= 15 is 0 Å². The standard InChI is InChI=1S/C51H70N10O16/c1-3-29(2)45(49(74)55-35-12-11-32-5-4-6-33-22-37(61(46(32)33)50(35)75)48(73)56-36-23-44(71)77-51(36)76)57-40(64)25-52-39(63)24-53-47(72)34(13-14-41(65)66)54-38(62)21-30-7-9-31(10-8-30)26-58-15-17-59(27-42(67)68)19-20-60(18-16-58)28-43(69)70/h4-10,29,34-37,45,47,51,53,72,76H,3,11-28H2,1-2H3,(H,52,63)(H,54,62)(H,55,74)(H,56,73)(H,57,64)(H,65,66)(H,67,68)(H,69,70)/t29-,34-,35-,36-,37-,45-,47?,51+/m0/s1. The van der Waals surface area contributed by atoms with E-state index in [9.17, 15) is 73.5 Å². The van der Waals surface area contributed by atoms with Crippen LogP contribution in [0.4, 0.5) is 5.69 Å². The van der Waals surface area contributed by atoms with Crippen molar-refractivity contribution in [2.75, 3.05) is 70.3 Å². The molecule has 0 saturated carbocycles. The van der Waals surface area contributed by atoms with E-state index in [1.807, 2.05) is 24.3 Å². The van der Waals surface area contributed by atoms with Crippen LogP contribution in [0.5, 0.6) is 0 Å². The first-order valence-corrected chi connectivity index (χ1v) is 25.8. The highest BCUT2D eigenvalue weighted by atomic mass is 16.6. The minimum Gasteiger partial charge on any atom is -0.481 e. The van der Waals surface area contributed by atoms with Gasteiger partial charge in [0.25, 0.3) is 0 Å². The van der Waals surface area contributed by atoms with Crippen LogP contribution in [0.25, 0.3) is 0 Å². The molecule has 77 heavy (non-hydrogen) atoms. The van der Waals surface area contributed by atoms with E-state index in [4.69, 9.17) is 4.74 Å². The molecule has 0 aromatic heterocycles. The third-order valence-electron chi connectivity index (χ3n) is 14.2. The molecule has 0 spiro atoms. The van der Waals surface area contributed by atoms with Gasteiger partial charge < -0.3 is 56.9 Å². The molecular weight excluding hydrogens is 1010 g/mol. The van der Waals surface area contributed by atoms with Gasteiger partial charge in [0, 0.05) is 58.7 Å². The number of carbonyl (C=O) groups excluding carboxylic acids is 7. The van der Waals surface area contributed by atoms with Crippen molar-refractivity contribution in [3.05, 3.63) is 64.7 Å². The summed E-state index contributed by atoms with van der Waals surface area (Å²) >= 11 is 0. The number of aliphatic carboxylic acids is 3. The van der Waals surface area contributed by atoms with Crippen molar-refractivity contribution < 1.29 is 78.2 Å². The van der Waals surface area contributed by atoms with E-state index in [2.05, 4.69) is 36.8 Å². The Balaban J connectivity index is 0.978. The van der Waals surface area contributed by atoms with Crippen molar-refractivity contribution in [3.63, 3.8) is 0 Å². The molecule has 8 atom stereocenters. The number of aliphatic hydroxyl groups excluding tert-OH is 2. The average Bonchev–Trinajstić information content (AvgIpc) is 3.93. The number of amides is 6. The van der Waals surface area contributed by atoms with E-state index in [0.717, 1.165) is 16.7 Å². The minimum absolute atomic E-state index is 0.141. The van der Waals surface area contributed by atoms with Gasteiger partial charge in [0.05, 0.1) is 50.7 Å². The topological polar surface area (TPSA) is 366 Å². The third-order valence-corrected chi connectivity index (χ3v) is 14.2. The highest BCUT2D eigenvalue weighted by molar-refractivity contribution is 6.08. The second kappa shape index (κ2) is 27.8. The number of aliphatic hydroxyl groups is 2. The maximum absolute atomic E-state index is 14.3. The van der Waals surface area contributed by atoms with Crippen LogP contribution in [0.1, 0.15) is 68.2 Å². The molecular formula is C51H70N10O16. The summed E-state index contributed by atoms with van der Waals surface area (Å²) in [6, 6.07) is 7.07. The number of cyclic esters (lactones) is 1. The molecule has 6 rings (SSSR count). The zero-order valence-corrected chi connectivity index (χ0v) is 43.1. The number of hydrogen-bond acceptors (Lipinski definition) is 17. The van der Waals surface area contributed by atoms with Gasteiger partial charge in [-0.1, -0.05) is 62.7 Å². The van der Waals surface area contributed by atoms with E-state index < -0.39 is 127 Å². The molecule has 26 nitrogen and oxygen atoms in total. The fraction of sp³-hybridized carbons (Fsp3) is 0.569. The van der Waals surface area contributed by atoms with Crippen LogP contribution in [-0.2, 0) is 78.5 Å². The molecule has 2 saturated heterocycles. The van der Waals surface area contributed by atoms with Crippen molar-refractivity contribution in [2.24, 2.45) is 5.92 Å². The van der Waals surface area contributed by atoms with Crippen molar-refractivity contribution in [1.29, 1.82) is 0 Å². The van der Waals surface area contributed by atoms with Crippen molar-refractivity contribution in [1.82, 2.24) is 46.6 Å². The largest absolute Gasteiger partial charge is 0.481 e. The van der Waals surface area contributed by atoms with Gasteiger partial charge in [-0.3, -0.25) is 72.9 Å². The molecule has 2 fully saturated rings. The van der Waals surface area contributed by atoms with Gasteiger partial charge in [-0.05, 0) is 47.4 Å². The molecule has 0 aliphatic carbocycles. The third kappa shape index (κ3) is 17.2. The van der Waals surface area contributed by atoms with E-state index in [1.165, 1.54) is 4.90 Å². The van der Waals surface area contributed by atoms with Crippen molar-refractivity contribution >= 4 is 65.0 Å². The molecule has 2 aromatic rings. The van der Waals surface area contributed by atoms with Crippen LogP contribution in [0.3, 0.4) is 0 Å². The van der Waals surface area contributed by atoms with Crippen molar-refractivity contribution in [2.45, 2.75) is 114 Å². The quantitative estimate of drug-likeness (QED) is 0.0346. The predicted molar refractivity (Wildman–Crippen MR) is 271 cm³/mol. The Hall–Kier alpha value is -7.10. The molecule has 4 heterocycles. The first-order chi connectivity index (χ1) is 36.7. The first-order valence-electron chi connectivity index (χ1n) is 25.8. The number of rotatable bonds is 25. The van der Waals surface area contributed by atoms with Gasteiger partial charge in [-0.2, -0.15) is 0 Å². The Morgan fingerprint density at radius 1 is 0.740 bits per heavy atom. The lowest BCUT2D eigenvalue weighted by molar-refractivity contribution is -0.155. The summed E-state index contributed by atoms with van der Waals surface area (Å²) in [5.41, 5.74) is 3.56. The number of carboxylic acids is 3. The number of anilines is 1. The molecule has 4 aliphatic rings. The van der Waals surface area contributed by atoms with Gasteiger partial charge in [0.2, 0.25) is 41.7 Å². The number of hydrogen-bond donors (Lipinski definition) is 11. The summed E-state index contributed by atoms with van der Waals surface area (Å²) in [5.74, 6) is -8.21. The van der Waals surface area contributed by atoms with Crippen LogP contribution >= 0.6 is 0 Å². The number of carbonyl (C=O) groups is 10. The lowest BCUT2D eigenvalue weighted by Gasteiger charge is -2.30. The second-order valence-electron chi connectivity index (χ2n) is 19.9. The summed E-state index contributed by atoms with van der Waals surface area (Å²) in [7, 11) is 0. The summed E-state index contributed by atoms with van der Waals surface area (Å²) in [6.07, 6.45) is -3.07. The summed E-state index contributed by atoms with van der Waals surface area (Å²) in [6.45, 7) is 5.32. The molecule has 4 aliphatic heterocycles. The van der Waals surface area contributed by atoms with Crippen LogP contribution < -0.4 is 36.8 Å². The number of nitrogens with zero attached hydrogens (tertiary/aromatic N) is 4. The summed E-state index contributed by atoms with van der Waals surface area (Å²) < 4.78 is 4.76. The highest BCUT2D eigenvalue weighted by Crippen LogP contribution is 2.39. The minimum atomic E-state index is -1.60. The van der Waals surface area contributed by atoms with Crippen LogP contribution in [0, 0.1) is 5.92 Å². The van der Waals surface area contributed by atoms with Gasteiger partial charge in [0.15, 0.2) is 0 Å². The van der Waals surface area contributed by atoms with Crippen LogP contribution in [-0.4, -0.2) is 208 Å². The van der Waals surface area contributed by atoms with Crippen LogP contribution in [0.2, 0.25) is 0 Å². The predicted octanol–water partition coefficient (Wildman–Crippen LogP) is -3.14. The molecule has 0 radical (unpaired) electrons. The Kier molecular flexibility index (Phi) is 21.4. The van der Waals surface area contributed by atoms with Gasteiger partial charge in [0.1, 0.15) is 30.4 Å². The number of benzene rings is 2. The zero-order valence-electron chi connectivity index (χ0n) is 43.1. The smallest absolute Gasteiger partial charge is 0.317 e. The van der Waals surface area contributed by atoms with Gasteiger partial charge >= 0.3 is 23.9 Å². The molecule has 26 heteroatoms. The Morgan fingerprint density at radius 2 is 1.36 bits per heavy atom. The maximum Gasteiger partial charge on any atom is 0.317 e. The zero-order chi connectivity index (χ0) is 55.9.